The summed E-state index contributed by atoms with van der Waals surface area (Å²) in [6.07, 6.45) is -3.66. The van der Waals surface area contributed by atoms with Gasteiger partial charge in [-0.25, -0.2) is 4.39 Å². The summed E-state index contributed by atoms with van der Waals surface area (Å²) in [5.74, 6) is -2.08. The average molecular weight is 299 g/mol. The van der Waals surface area contributed by atoms with E-state index in [1.807, 2.05) is 0 Å². The Bertz CT molecular complexity index is 666. The second kappa shape index (κ2) is 5.51. The van der Waals surface area contributed by atoms with Crippen LogP contribution in [0.1, 0.15) is 11.3 Å². The van der Waals surface area contributed by atoms with E-state index in [2.05, 4.69) is 4.98 Å². The van der Waals surface area contributed by atoms with Crippen LogP contribution in [0.5, 0.6) is 0 Å². The van der Waals surface area contributed by atoms with Crippen LogP contribution in [-0.4, -0.2) is 16.1 Å². The molecule has 2 aromatic rings. The Morgan fingerprint density at radius 1 is 1.19 bits per heavy atom. The number of benzene rings is 1. The van der Waals surface area contributed by atoms with Gasteiger partial charge in [-0.15, -0.1) is 0 Å². The fourth-order valence-corrected chi connectivity index (χ4v) is 1.77. The summed E-state index contributed by atoms with van der Waals surface area (Å²) in [6, 6.07) is 5.02. The topological polar surface area (TPSA) is 50.2 Å². The molecule has 1 N–H and O–H groups in total. The van der Waals surface area contributed by atoms with Crippen LogP contribution >= 0.6 is 0 Å². The molecule has 1 heterocycles. The summed E-state index contributed by atoms with van der Waals surface area (Å²) in [7, 11) is 0. The first-order chi connectivity index (χ1) is 9.77. The number of pyridine rings is 1. The van der Waals surface area contributed by atoms with Crippen LogP contribution in [0.2, 0.25) is 0 Å². The van der Waals surface area contributed by atoms with Crippen LogP contribution in [0, 0.1) is 5.82 Å². The van der Waals surface area contributed by atoms with E-state index >= 15 is 0 Å². The molecule has 1 aromatic carbocycles. The van der Waals surface area contributed by atoms with E-state index in [1.165, 1.54) is 18.3 Å². The molecule has 0 aliphatic carbocycles. The maximum absolute atomic E-state index is 13.8. The molecule has 0 radical (unpaired) electrons. The first-order valence-electron chi connectivity index (χ1n) is 5.81. The Hall–Kier alpha value is -2.44. The van der Waals surface area contributed by atoms with Gasteiger partial charge in [-0.3, -0.25) is 9.78 Å². The van der Waals surface area contributed by atoms with Crippen LogP contribution in [-0.2, 0) is 17.4 Å². The number of aliphatic carboxylic acids is 1. The maximum Gasteiger partial charge on any atom is 0.416 e. The predicted molar refractivity (Wildman–Crippen MR) is 66.0 cm³/mol. The zero-order chi connectivity index (χ0) is 15.6. The van der Waals surface area contributed by atoms with E-state index < -0.39 is 23.5 Å². The molecule has 0 amide bonds. The molecule has 0 unspecified atom stereocenters. The van der Waals surface area contributed by atoms with E-state index in [0.717, 1.165) is 12.1 Å². The molecule has 0 saturated heterocycles. The number of halogens is 4. The molecule has 0 spiro atoms. The number of carboxylic acids is 1. The van der Waals surface area contributed by atoms with Gasteiger partial charge in [0.1, 0.15) is 5.82 Å². The summed E-state index contributed by atoms with van der Waals surface area (Å²) in [5.41, 5.74) is -0.550. The number of carboxylic acid groups (broad SMARTS) is 1. The van der Waals surface area contributed by atoms with Crippen molar-refractivity contribution >= 4 is 5.97 Å². The van der Waals surface area contributed by atoms with Crippen LogP contribution in [0.4, 0.5) is 17.6 Å². The predicted octanol–water partition coefficient (Wildman–Crippen LogP) is 3.53. The van der Waals surface area contributed by atoms with Crippen molar-refractivity contribution in [3.05, 3.63) is 53.6 Å². The average Bonchev–Trinajstić information content (AvgIpc) is 2.38. The number of aromatic nitrogens is 1. The molecule has 1 aromatic heterocycles. The van der Waals surface area contributed by atoms with Gasteiger partial charge in [0.15, 0.2) is 0 Å². The molecule has 110 valence electrons. The number of hydrogen-bond donors (Lipinski definition) is 1. The standard InChI is InChI=1S/C14H9F4NO2/c15-12-5-9(14(16,17)18)2-4-11(12)8-1-3-10(19-7-8)6-13(20)21/h1-5,7H,6H2,(H,20,21). The zero-order valence-corrected chi connectivity index (χ0v) is 10.5. The van der Waals surface area contributed by atoms with Gasteiger partial charge in [-0.1, -0.05) is 12.1 Å². The first-order valence-corrected chi connectivity index (χ1v) is 5.81. The summed E-state index contributed by atoms with van der Waals surface area (Å²) < 4.78 is 51.1. The molecule has 0 atom stereocenters. The van der Waals surface area contributed by atoms with Gasteiger partial charge in [0.25, 0.3) is 0 Å². The molecule has 0 aliphatic heterocycles. The molecule has 0 bridgehead atoms. The number of rotatable bonds is 3. The number of nitrogens with zero attached hydrogens (tertiary/aromatic N) is 1. The van der Waals surface area contributed by atoms with Crippen molar-refractivity contribution in [3.63, 3.8) is 0 Å². The third-order valence-electron chi connectivity index (χ3n) is 2.76. The number of carbonyl (C=O) groups is 1. The van der Waals surface area contributed by atoms with Crippen molar-refractivity contribution in [1.82, 2.24) is 4.98 Å². The quantitative estimate of drug-likeness (QED) is 0.882. The van der Waals surface area contributed by atoms with Gasteiger partial charge in [0.05, 0.1) is 17.7 Å². The van der Waals surface area contributed by atoms with Gasteiger partial charge >= 0.3 is 12.1 Å². The molecule has 7 heteroatoms. The second-order valence-corrected chi connectivity index (χ2v) is 4.30. The number of alkyl halides is 3. The summed E-state index contributed by atoms with van der Waals surface area (Å²) in [4.78, 5) is 14.3. The Morgan fingerprint density at radius 2 is 1.90 bits per heavy atom. The van der Waals surface area contributed by atoms with Crippen molar-refractivity contribution < 1.29 is 27.5 Å². The van der Waals surface area contributed by atoms with Crippen molar-refractivity contribution in [2.45, 2.75) is 12.6 Å². The Kier molecular flexibility index (Phi) is 3.93. The minimum atomic E-state index is -4.61. The summed E-state index contributed by atoms with van der Waals surface area (Å²) in [5, 5.41) is 8.60. The van der Waals surface area contributed by atoms with Crippen LogP contribution in [0.25, 0.3) is 11.1 Å². The molecule has 2 rings (SSSR count). The smallest absolute Gasteiger partial charge is 0.416 e. The van der Waals surface area contributed by atoms with E-state index in [9.17, 15) is 22.4 Å². The lowest BCUT2D eigenvalue weighted by Crippen LogP contribution is -2.05. The molecule has 3 nitrogen and oxygen atoms in total. The minimum Gasteiger partial charge on any atom is -0.481 e. The Labute approximate surface area is 116 Å². The van der Waals surface area contributed by atoms with E-state index in [1.54, 1.807) is 0 Å². The lowest BCUT2D eigenvalue weighted by atomic mass is 10.0. The largest absolute Gasteiger partial charge is 0.481 e. The third kappa shape index (κ3) is 3.56. The van der Waals surface area contributed by atoms with Crippen molar-refractivity contribution in [2.75, 3.05) is 0 Å². The van der Waals surface area contributed by atoms with Gasteiger partial charge in [-0.2, -0.15) is 13.2 Å². The summed E-state index contributed by atoms with van der Waals surface area (Å²) in [6.45, 7) is 0. The second-order valence-electron chi connectivity index (χ2n) is 4.30. The van der Waals surface area contributed by atoms with Gasteiger partial charge in [0, 0.05) is 17.3 Å². The van der Waals surface area contributed by atoms with Crippen LogP contribution < -0.4 is 0 Å². The fraction of sp³-hybridized carbons (Fsp3) is 0.143. The molecule has 0 aliphatic rings. The van der Waals surface area contributed by atoms with Crippen LogP contribution in [0.3, 0.4) is 0 Å². The van der Waals surface area contributed by atoms with E-state index in [-0.39, 0.29) is 23.2 Å². The Morgan fingerprint density at radius 3 is 2.38 bits per heavy atom. The highest BCUT2D eigenvalue weighted by molar-refractivity contribution is 5.70. The van der Waals surface area contributed by atoms with E-state index in [4.69, 9.17) is 5.11 Å². The Balaban J connectivity index is 2.32. The molecular formula is C14H9F4NO2. The van der Waals surface area contributed by atoms with Crippen molar-refractivity contribution in [2.24, 2.45) is 0 Å². The van der Waals surface area contributed by atoms with E-state index in [0.29, 0.717) is 6.07 Å². The normalized spacial score (nSPS) is 11.4. The molecule has 0 fully saturated rings. The minimum absolute atomic E-state index is 0.0302. The SMILES string of the molecule is O=C(O)Cc1ccc(-c2ccc(C(F)(F)F)cc2F)cn1. The zero-order valence-electron chi connectivity index (χ0n) is 10.5. The molecule has 21 heavy (non-hydrogen) atoms. The van der Waals surface area contributed by atoms with Crippen molar-refractivity contribution in [1.29, 1.82) is 0 Å². The lowest BCUT2D eigenvalue weighted by molar-refractivity contribution is -0.138. The van der Waals surface area contributed by atoms with Crippen LogP contribution in [0.15, 0.2) is 36.5 Å². The van der Waals surface area contributed by atoms with Gasteiger partial charge < -0.3 is 5.11 Å². The lowest BCUT2D eigenvalue weighted by Gasteiger charge is -2.09. The maximum atomic E-state index is 13.8. The highest BCUT2D eigenvalue weighted by Gasteiger charge is 2.31. The number of hydrogen-bond acceptors (Lipinski definition) is 2. The molecule has 0 saturated carbocycles. The monoisotopic (exact) mass is 299 g/mol. The fourth-order valence-electron chi connectivity index (χ4n) is 1.77. The summed E-state index contributed by atoms with van der Waals surface area (Å²) >= 11 is 0. The highest BCUT2D eigenvalue weighted by Crippen LogP contribution is 2.32. The highest BCUT2D eigenvalue weighted by atomic mass is 19.4. The first kappa shape index (κ1) is 15.0. The van der Waals surface area contributed by atoms with Gasteiger partial charge in [-0.05, 0) is 18.2 Å². The molecular weight excluding hydrogens is 290 g/mol. The van der Waals surface area contributed by atoms with Gasteiger partial charge in [0.2, 0.25) is 0 Å². The van der Waals surface area contributed by atoms with Crippen molar-refractivity contribution in [3.8, 4) is 11.1 Å². The third-order valence-corrected chi connectivity index (χ3v) is 2.76.